The molecule has 0 aromatic heterocycles. The van der Waals surface area contributed by atoms with Crippen LogP contribution in [-0.4, -0.2) is 22.6 Å². The number of unbranched alkanes of at least 4 members (excludes halogenated alkanes) is 12. The number of esters is 2. The van der Waals surface area contributed by atoms with Gasteiger partial charge in [0.2, 0.25) is 0 Å². The van der Waals surface area contributed by atoms with Gasteiger partial charge in [-0.05, 0) is 25.7 Å². The largest absolute Gasteiger partial charge is 0.393 e. The molecule has 0 aliphatic heterocycles. The minimum absolute atomic E-state index is 0.348. The van der Waals surface area contributed by atoms with E-state index in [4.69, 9.17) is 4.74 Å². The first-order chi connectivity index (χ1) is 12.2. The number of rotatable bonds is 18. The highest BCUT2D eigenvalue weighted by Crippen LogP contribution is 2.11. The molecule has 0 N–H and O–H groups in total. The molecule has 0 aliphatic carbocycles. The summed E-state index contributed by atoms with van der Waals surface area (Å²) in [5, 5.41) is 2.18. The predicted octanol–water partition coefficient (Wildman–Crippen LogP) is 7.09. The summed E-state index contributed by atoms with van der Waals surface area (Å²) in [4.78, 5) is 23.2. The fourth-order valence-corrected chi connectivity index (χ4v) is 3.52. The first-order valence-electron chi connectivity index (χ1n) is 10.1. The van der Waals surface area contributed by atoms with Crippen molar-refractivity contribution >= 4 is 43.8 Å². The van der Waals surface area contributed by atoms with Gasteiger partial charge in [0.15, 0.2) is 0 Å². The highest BCUT2D eigenvalue weighted by molar-refractivity contribution is 9.09. The van der Waals surface area contributed by atoms with Crippen molar-refractivity contribution in [2.75, 3.05) is 10.7 Å². The molecular weight excluding hydrogens is 448 g/mol. The fourth-order valence-electron chi connectivity index (χ4n) is 2.72. The van der Waals surface area contributed by atoms with Crippen molar-refractivity contribution in [3.63, 3.8) is 0 Å². The van der Waals surface area contributed by atoms with Crippen LogP contribution in [0.5, 0.6) is 0 Å². The highest BCUT2D eigenvalue weighted by Gasteiger charge is 2.09. The van der Waals surface area contributed by atoms with Crippen molar-refractivity contribution in [3.05, 3.63) is 0 Å². The monoisotopic (exact) mass is 482 g/mol. The Balaban J connectivity index is 3.34. The fraction of sp³-hybridized carbons (Fsp3) is 0.900. The lowest BCUT2D eigenvalue weighted by atomic mass is 10.1. The zero-order valence-electron chi connectivity index (χ0n) is 15.7. The number of alkyl halides is 2. The molecule has 0 fully saturated rings. The average Bonchev–Trinajstić information content (AvgIpc) is 2.59. The van der Waals surface area contributed by atoms with Crippen molar-refractivity contribution in [2.24, 2.45) is 0 Å². The summed E-state index contributed by atoms with van der Waals surface area (Å²) in [6.07, 6.45) is 16.9. The summed E-state index contributed by atoms with van der Waals surface area (Å²) in [7, 11) is 0. The zero-order chi connectivity index (χ0) is 18.6. The van der Waals surface area contributed by atoms with Gasteiger partial charge in [0, 0.05) is 23.5 Å². The van der Waals surface area contributed by atoms with Crippen molar-refractivity contribution in [2.45, 2.75) is 103 Å². The first kappa shape index (κ1) is 25.1. The Labute approximate surface area is 171 Å². The molecule has 0 atom stereocenters. The molecule has 0 heterocycles. The van der Waals surface area contributed by atoms with E-state index < -0.39 is 0 Å². The second kappa shape index (κ2) is 20.4. The van der Waals surface area contributed by atoms with E-state index in [9.17, 15) is 9.59 Å². The topological polar surface area (TPSA) is 43.4 Å². The third-order valence-electron chi connectivity index (χ3n) is 4.26. The summed E-state index contributed by atoms with van der Waals surface area (Å²) >= 11 is 6.87. The Morgan fingerprint density at radius 3 is 1.08 bits per heavy atom. The molecule has 0 bridgehead atoms. The van der Waals surface area contributed by atoms with Crippen LogP contribution in [-0.2, 0) is 14.3 Å². The Hall–Kier alpha value is 0.1000. The minimum atomic E-state index is -0.348. The van der Waals surface area contributed by atoms with E-state index in [1.54, 1.807) is 0 Å². The number of ether oxygens (including phenoxy) is 1. The zero-order valence-corrected chi connectivity index (χ0v) is 18.9. The molecule has 0 radical (unpaired) electrons. The van der Waals surface area contributed by atoms with Crippen LogP contribution in [0.3, 0.4) is 0 Å². The quantitative estimate of drug-likeness (QED) is 0.0903. The number of carbonyl (C=O) groups is 2. The lowest BCUT2D eigenvalue weighted by Gasteiger charge is -2.04. The van der Waals surface area contributed by atoms with Crippen LogP contribution in [0.15, 0.2) is 0 Å². The smallest absolute Gasteiger partial charge is 0.313 e. The minimum Gasteiger partial charge on any atom is -0.393 e. The first-order valence-corrected chi connectivity index (χ1v) is 12.3. The summed E-state index contributed by atoms with van der Waals surface area (Å²) in [5.74, 6) is -0.696. The molecule has 0 saturated heterocycles. The molecule has 0 amide bonds. The molecule has 0 aromatic carbocycles. The number of carbonyl (C=O) groups excluding carboxylic acids is 2. The molecular formula is C20H36Br2O3. The Kier molecular flexibility index (Phi) is 20.5. The van der Waals surface area contributed by atoms with Gasteiger partial charge in [0.05, 0.1) is 0 Å². The maximum absolute atomic E-state index is 11.6. The summed E-state index contributed by atoms with van der Waals surface area (Å²) in [6.45, 7) is 0. The Morgan fingerprint density at radius 2 is 0.760 bits per heavy atom. The summed E-state index contributed by atoms with van der Waals surface area (Å²) < 4.78 is 4.88. The van der Waals surface area contributed by atoms with Crippen LogP contribution in [0.4, 0.5) is 0 Å². The Bertz CT molecular complexity index is 292. The van der Waals surface area contributed by atoms with E-state index in [0.29, 0.717) is 12.8 Å². The molecule has 0 saturated carbocycles. The van der Waals surface area contributed by atoms with Gasteiger partial charge in [0.1, 0.15) is 0 Å². The number of hydrogen-bond donors (Lipinski definition) is 0. The van der Waals surface area contributed by atoms with Crippen molar-refractivity contribution in [3.8, 4) is 0 Å². The molecule has 148 valence electrons. The molecule has 3 nitrogen and oxygen atoms in total. The highest BCUT2D eigenvalue weighted by atomic mass is 79.9. The average molecular weight is 484 g/mol. The molecule has 0 aliphatic rings. The van der Waals surface area contributed by atoms with Gasteiger partial charge in [-0.15, -0.1) is 0 Å². The van der Waals surface area contributed by atoms with E-state index >= 15 is 0 Å². The molecule has 0 unspecified atom stereocenters. The van der Waals surface area contributed by atoms with E-state index in [1.807, 2.05) is 0 Å². The van der Waals surface area contributed by atoms with Crippen molar-refractivity contribution in [1.82, 2.24) is 0 Å². The third kappa shape index (κ3) is 20.3. The normalized spacial score (nSPS) is 10.8. The summed E-state index contributed by atoms with van der Waals surface area (Å²) in [5.41, 5.74) is 0. The number of hydrogen-bond acceptors (Lipinski definition) is 3. The molecule has 0 rings (SSSR count). The molecule has 5 heteroatoms. The molecule has 0 spiro atoms. The standard InChI is InChI=1S/C20H36Br2O3/c21-17-13-9-5-1-3-7-11-15-19(23)25-20(24)16-12-8-4-2-6-10-14-18-22/h1-18H2. The van der Waals surface area contributed by atoms with Crippen LogP contribution in [0.1, 0.15) is 103 Å². The van der Waals surface area contributed by atoms with E-state index in [2.05, 4.69) is 31.9 Å². The van der Waals surface area contributed by atoms with E-state index in [1.165, 1.54) is 64.2 Å². The van der Waals surface area contributed by atoms with Gasteiger partial charge >= 0.3 is 11.9 Å². The van der Waals surface area contributed by atoms with Crippen molar-refractivity contribution in [1.29, 1.82) is 0 Å². The van der Waals surface area contributed by atoms with Gasteiger partial charge in [-0.3, -0.25) is 9.59 Å². The second-order valence-corrected chi connectivity index (χ2v) is 8.26. The van der Waals surface area contributed by atoms with Gasteiger partial charge < -0.3 is 4.74 Å². The lowest BCUT2D eigenvalue weighted by Crippen LogP contribution is -2.11. The SMILES string of the molecule is O=C(CCCCCCCCCBr)OC(=O)CCCCCCCCCBr. The van der Waals surface area contributed by atoms with E-state index in [-0.39, 0.29) is 11.9 Å². The second-order valence-electron chi connectivity index (χ2n) is 6.67. The van der Waals surface area contributed by atoms with E-state index in [0.717, 1.165) is 36.3 Å². The molecule has 25 heavy (non-hydrogen) atoms. The number of halogens is 2. The van der Waals surface area contributed by atoms with Crippen molar-refractivity contribution < 1.29 is 14.3 Å². The van der Waals surface area contributed by atoms with Crippen LogP contribution in [0.25, 0.3) is 0 Å². The maximum Gasteiger partial charge on any atom is 0.313 e. The van der Waals surface area contributed by atoms with Crippen LogP contribution in [0, 0.1) is 0 Å². The lowest BCUT2D eigenvalue weighted by molar-refractivity contribution is -0.159. The van der Waals surface area contributed by atoms with Crippen LogP contribution in [0.2, 0.25) is 0 Å². The Morgan fingerprint density at radius 1 is 0.480 bits per heavy atom. The van der Waals surface area contributed by atoms with Gasteiger partial charge in [-0.1, -0.05) is 96.1 Å². The third-order valence-corrected chi connectivity index (χ3v) is 5.38. The van der Waals surface area contributed by atoms with Gasteiger partial charge in [-0.2, -0.15) is 0 Å². The molecule has 0 aromatic rings. The summed E-state index contributed by atoms with van der Waals surface area (Å²) in [6, 6.07) is 0. The van der Waals surface area contributed by atoms with Gasteiger partial charge in [-0.25, -0.2) is 0 Å². The predicted molar refractivity (Wildman–Crippen MR) is 113 cm³/mol. The van der Waals surface area contributed by atoms with Gasteiger partial charge in [0.25, 0.3) is 0 Å². The maximum atomic E-state index is 11.6. The van der Waals surface area contributed by atoms with Crippen LogP contribution < -0.4 is 0 Å². The van der Waals surface area contributed by atoms with Crippen LogP contribution >= 0.6 is 31.9 Å².